The van der Waals surface area contributed by atoms with E-state index in [-0.39, 0.29) is 0 Å². The molecule has 0 fully saturated rings. The van der Waals surface area contributed by atoms with Crippen molar-refractivity contribution in [3.8, 4) is 0 Å². The molecule has 0 saturated carbocycles. The van der Waals surface area contributed by atoms with Crippen LogP contribution in [0.25, 0.3) is 0 Å². The first-order valence-electron chi connectivity index (χ1n) is 14.0. The van der Waals surface area contributed by atoms with Crippen molar-refractivity contribution in [2.24, 2.45) is 0 Å². The number of hydrogen-bond donors (Lipinski definition) is 0. The first-order valence-corrected chi connectivity index (χ1v) is 14.0. The highest BCUT2D eigenvalue weighted by atomic mass is 15.3. The van der Waals surface area contributed by atoms with E-state index in [1.54, 1.807) is 0 Å². The van der Waals surface area contributed by atoms with E-state index in [0.717, 1.165) is 71.7 Å². The maximum atomic E-state index is 5.19. The Morgan fingerprint density at radius 2 is 0.575 bits per heavy atom. The number of pyridine rings is 5. The van der Waals surface area contributed by atoms with Gasteiger partial charge in [-0.25, -0.2) is 24.9 Å². The lowest BCUT2D eigenvalue weighted by atomic mass is 10.2. The minimum Gasteiger partial charge on any atom is -0.262 e. The van der Waals surface area contributed by atoms with Crippen LogP contribution in [0.15, 0.2) is 91.0 Å². The molecule has 0 amide bonds. The molecular weight excluding hydrogens is 494 g/mol. The van der Waals surface area contributed by atoms with Gasteiger partial charge in [-0.3, -0.25) is 9.80 Å². The van der Waals surface area contributed by atoms with Crippen molar-refractivity contribution in [3.63, 3.8) is 0 Å². The van der Waals surface area contributed by atoms with Crippen LogP contribution in [0.4, 0.5) is 34.9 Å². The Morgan fingerprint density at radius 3 is 0.825 bits per heavy atom. The molecule has 5 rings (SSSR count). The average molecular weight is 530 g/mol. The number of rotatable bonds is 10. The number of aromatic nitrogens is 5. The molecule has 0 aliphatic heterocycles. The van der Waals surface area contributed by atoms with E-state index < -0.39 is 0 Å². The van der Waals surface area contributed by atoms with E-state index in [1.165, 1.54) is 0 Å². The fourth-order valence-corrected chi connectivity index (χ4v) is 4.52. The van der Waals surface area contributed by atoms with Gasteiger partial charge in [-0.2, -0.15) is 0 Å². The Bertz CT molecular complexity index is 1370. The van der Waals surface area contributed by atoms with Crippen molar-refractivity contribution in [2.45, 2.75) is 53.4 Å². The zero-order chi connectivity index (χ0) is 27.9. The minimum absolute atomic E-state index is 0.710. The Morgan fingerprint density at radius 1 is 0.350 bits per heavy atom. The van der Waals surface area contributed by atoms with Crippen LogP contribution in [0.3, 0.4) is 0 Å². The summed E-state index contributed by atoms with van der Waals surface area (Å²) in [5, 5.41) is 0. The Labute approximate surface area is 236 Å². The lowest BCUT2D eigenvalue weighted by Crippen LogP contribution is -2.19. The number of aryl methyl sites for hydroxylation is 4. The van der Waals surface area contributed by atoms with Crippen molar-refractivity contribution in [1.82, 2.24) is 24.9 Å². The molecule has 0 unspecified atom stereocenters. The summed E-state index contributed by atoms with van der Waals surface area (Å²) in [6.45, 7) is 8.44. The lowest BCUT2D eigenvalue weighted by Gasteiger charge is -2.26. The SMILES string of the molecule is CCc1cccc(N(c2cccc(CC)n2)c2cccc(N(c3cccc(CC)n3)c3cccc(CC)n3)n2)n1. The summed E-state index contributed by atoms with van der Waals surface area (Å²) in [5.74, 6) is 4.51. The van der Waals surface area contributed by atoms with Gasteiger partial charge in [0.05, 0.1) is 0 Å². The summed E-state index contributed by atoms with van der Waals surface area (Å²) in [6.07, 6.45) is 3.35. The average Bonchev–Trinajstić information content (AvgIpc) is 3.02. The summed E-state index contributed by atoms with van der Waals surface area (Å²) in [6, 6.07) is 30.3. The molecule has 0 aliphatic carbocycles. The third-order valence-electron chi connectivity index (χ3n) is 6.71. The zero-order valence-electron chi connectivity index (χ0n) is 23.6. The highest BCUT2D eigenvalue weighted by molar-refractivity contribution is 5.74. The van der Waals surface area contributed by atoms with Crippen LogP contribution in [0.1, 0.15) is 50.5 Å². The topological polar surface area (TPSA) is 70.9 Å². The van der Waals surface area contributed by atoms with E-state index in [2.05, 4.69) is 27.7 Å². The fraction of sp³-hybridized carbons (Fsp3) is 0.242. The van der Waals surface area contributed by atoms with Gasteiger partial charge in [-0.15, -0.1) is 0 Å². The van der Waals surface area contributed by atoms with Crippen LogP contribution >= 0.6 is 0 Å². The van der Waals surface area contributed by atoms with Crippen LogP contribution in [0.2, 0.25) is 0 Å². The molecule has 0 N–H and O–H groups in total. The van der Waals surface area contributed by atoms with E-state index in [0.29, 0.717) is 11.6 Å². The zero-order valence-corrected chi connectivity index (χ0v) is 23.6. The molecule has 5 aromatic rings. The molecule has 7 heteroatoms. The van der Waals surface area contributed by atoms with Gasteiger partial charge < -0.3 is 0 Å². The van der Waals surface area contributed by atoms with Gasteiger partial charge in [-0.05, 0) is 86.3 Å². The van der Waals surface area contributed by atoms with Gasteiger partial charge in [-0.1, -0.05) is 58.0 Å². The first-order chi connectivity index (χ1) is 19.6. The Hall–Kier alpha value is -4.65. The molecule has 5 heterocycles. The smallest absolute Gasteiger partial charge is 0.142 e. The monoisotopic (exact) mass is 529 g/mol. The molecule has 0 atom stereocenters. The molecule has 5 aromatic heterocycles. The third kappa shape index (κ3) is 5.83. The second-order valence-electron chi connectivity index (χ2n) is 9.39. The Balaban J connectivity index is 1.69. The van der Waals surface area contributed by atoms with Crippen molar-refractivity contribution in [2.75, 3.05) is 9.80 Å². The normalized spacial score (nSPS) is 10.9. The largest absolute Gasteiger partial charge is 0.262 e. The van der Waals surface area contributed by atoms with E-state index in [4.69, 9.17) is 24.9 Å². The van der Waals surface area contributed by atoms with Gasteiger partial charge in [0.1, 0.15) is 34.9 Å². The summed E-state index contributed by atoms with van der Waals surface area (Å²) >= 11 is 0. The van der Waals surface area contributed by atoms with Crippen LogP contribution in [0, 0.1) is 0 Å². The van der Waals surface area contributed by atoms with E-state index in [1.807, 2.05) is 101 Å². The lowest BCUT2D eigenvalue weighted by molar-refractivity contribution is 0.968. The van der Waals surface area contributed by atoms with Crippen molar-refractivity contribution < 1.29 is 0 Å². The summed E-state index contributed by atoms with van der Waals surface area (Å²) in [7, 11) is 0. The van der Waals surface area contributed by atoms with Crippen LogP contribution in [-0.2, 0) is 25.7 Å². The second kappa shape index (κ2) is 12.5. The Kier molecular flexibility index (Phi) is 8.40. The molecular formula is C33H35N7. The quantitative estimate of drug-likeness (QED) is 0.182. The molecule has 0 spiro atoms. The van der Waals surface area contributed by atoms with Crippen molar-refractivity contribution in [1.29, 1.82) is 0 Å². The van der Waals surface area contributed by atoms with Gasteiger partial charge in [0.15, 0.2) is 0 Å². The van der Waals surface area contributed by atoms with Gasteiger partial charge in [0.25, 0.3) is 0 Å². The maximum absolute atomic E-state index is 5.19. The maximum Gasteiger partial charge on any atom is 0.142 e. The number of nitrogens with zero attached hydrogens (tertiary/aromatic N) is 7. The summed E-state index contributed by atoms with van der Waals surface area (Å²) in [5.41, 5.74) is 4.03. The van der Waals surface area contributed by atoms with Gasteiger partial charge >= 0.3 is 0 Å². The highest BCUT2D eigenvalue weighted by Crippen LogP contribution is 2.36. The van der Waals surface area contributed by atoms with Crippen LogP contribution in [0.5, 0.6) is 0 Å². The minimum atomic E-state index is 0.710. The predicted octanol–water partition coefficient (Wildman–Crippen LogP) is 7.85. The second-order valence-corrected chi connectivity index (χ2v) is 9.39. The molecule has 40 heavy (non-hydrogen) atoms. The summed E-state index contributed by atoms with van der Waals surface area (Å²) < 4.78 is 0. The highest BCUT2D eigenvalue weighted by Gasteiger charge is 2.21. The molecule has 202 valence electrons. The van der Waals surface area contributed by atoms with E-state index >= 15 is 0 Å². The third-order valence-corrected chi connectivity index (χ3v) is 6.71. The van der Waals surface area contributed by atoms with Gasteiger partial charge in [0.2, 0.25) is 0 Å². The first kappa shape index (κ1) is 26.9. The molecule has 0 aromatic carbocycles. The van der Waals surface area contributed by atoms with Gasteiger partial charge in [0, 0.05) is 22.8 Å². The standard InChI is InChI=1S/C33H35N7/c1-5-24-14-9-18-28(34-24)39(29-19-10-15-25(6-2)35-29)32-22-13-23-33(38-32)40(30-20-11-16-26(7-3)36-30)31-21-12-17-27(8-4)37-31/h9-23H,5-8H2,1-4H3. The molecule has 7 nitrogen and oxygen atoms in total. The number of hydrogen-bond acceptors (Lipinski definition) is 7. The molecule has 0 saturated heterocycles. The molecule has 0 radical (unpaired) electrons. The predicted molar refractivity (Wildman–Crippen MR) is 162 cm³/mol. The van der Waals surface area contributed by atoms with Crippen molar-refractivity contribution >= 4 is 34.9 Å². The fourth-order valence-electron chi connectivity index (χ4n) is 4.52. The number of anilines is 6. The molecule has 0 bridgehead atoms. The summed E-state index contributed by atoms with van der Waals surface area (Å²) in [4.78, 5) is 29.0. The van der Waals surface area contributed by atoms with Crippen LogP contribution in [-0.4, -0.2) is 24.9 Å². The molecule has 0 aliphatic rings. The van der Waals surface area contributed by atoms with E-state index in [9.17, 15) is 0 Å². The van der Waals surface area contributed by atoms with Crippen LogP contribution < -0.4 is 9.80 Å². The van der Waals surface area contributed by atoms with Crippen molar-refractivity contribution in [3.05, 3.63) is 114 Å².